The Kier molecular flexibility index (Phi) is 3.09. The van der Waals surface area contributed by atoms with E-state index in [9.17, 15) is 4.79 Å². The Hall–Kier alpha value is -2.09. The summed E-state index contributed by atoms with van der Waals surface area (Å²) in [5.74, 6) is 1.32. The van der Waals surface area contributed by atoms with E-state index in [1.54, 1.807) is 0 Å². The third-order valence-electron chi connectivity index (χ3n) is 4.25. The Labute approximate surface area is 119 Å². The summed E-state index contributed by atoms with van der Waals surface area (Å²) in [6, 6.07) is 10.0. The van der Waals surface area contributed by atoms with Crippen LogP contribution in [0.25, 0.3) is 0 Å². The number of carbonyl (C=O) groups is 1. The van der Waals surface area contributed by atoms with Crippen LogP contribution < -0.4 is 4.74 Å². The fraction of sp³-hybridized carbons (Fsp3) is 0.278. The number of fused-ring (bicyclic) bond motifs is 1. The van der Waals surface area contributed by atoms with Gasteiger partial charge in [0.15, 0.2) is 0 Å². The van der Waals surface area contributed by atoms with Crippen molar-refractivity contribution in [3.8, 4) is 5.75 Å². The number of aldehydes is 1. The maximum Gasteiger partial charge on any atom is 0.150 e. The zero-order valence-corrected chi connectivity index (χ0v) is 12.1. The van der Waals surface area contributed by atoms with Crippen LogP contribution in [0.4, 0.5) is 0 Å². The highest BCUT2D eigenvalue weighted by molar-refractivity contribution is 5.74. The molecule has 0 fully saturated rings. The first kappa shape index (κ1) is 12.9. The van der Waals surface area contributed by atoms with Crippen LogP contribution in [0.2, 0.25) is 0 Å². The van der Waals surface area contributed by atoms with E-state index in [-0.39, 0.29) is 5.92 Å². The van der Waals surface area contributed by atoms with Crippen LogP contribution in [0.3, 0.4) is 0 Å². The van der Waals surface area contributed by atoms with Gasteiger partial charge in [0.05, 0.1) is 6.61 Å². The Morgan fingerprint density at radius 3 is 2.45 bits per heavy atom. The minimum absolute atomic E-state index is 0.269. The first-order chi connectivity index (χ1) is 9.61. The molecule has 1 aliphatic heterocycles. The normalized spacial score (nSPS) is 16.6. The second-order valence-electron chi connectivity index (χ2n) is 5.53. The Morgan fingerprint density at radius 2 is 1.80 bits per heavy atom. The number of benzene rings is 2. The van der Waals surface area contributed by atoms with E-state index in [0.29, 0.717) is 12.2 Å². The van der Waals surface area contributed by atoms with Crippen molar-refractivity contribution in [2.45, 2.75) is 26.7 Å². The van der Waals surface area contributed by atoms with Crippen molar-refractivity contribution in [2.75, 3.05) is 6.61 Å². The maximum absolute atomic E-state index is 10.7. The second kappa shape index (κ2) is 4.78. The van der Waals surface area contributed by atoms with Gasteiger partial charge >= 0.3 is 0 Å². The Morgan fingerprint density at radius 1 is 1.10 bits per heavy atom. The average molecular weight is 266 g/mol. The quantitative estimate of drug-likeness (QED) is 0.769. The number of aryl methyl sites for hydroxylation is 2. The molecule has 0 N–H and O–H groups in total. The van der Waals surface area contributed by atoms with Gasteiger partial charge < -0.3 is 4.74 Å². The van der Waals surface area contributed by atoms with Crippen LogP contribution >= 0.6 is 0 Å². The molecule has 0 saturated carbocycles. The highest BCUT2D eigenvalue weighted by Crippen LogP contribution is 2.43. The monoisotopic (exact) mass is 266 g/mol. The summed E-state index contributed by atoms with van der Waals surface area (Å²) >= 11 is 0. The number of hydrogen-bond donors (Lipinski definition) is 0. The lowest BCUT2D eigenvalue weighted by atomic mass is 9.87. The number of ether oxygens (including phenoxy) is 1. The number of rotatable bonds is 2. The van der Waals surface area contributed by atoms with Crippen molar-refractivity contribution in [2.24, 2.45) is 0 Å². The lowest BCUT2D eigenvalue weighted by Crippen LogP contribution is -2.03. The van der Waals surface area contributed by atoms with Crippen molar-refractivity contribution in [3.05, 3.63) is 63.7 Å². The van der Waals surface area contributed by atoms with Gasteiger partial charge in [-0.25, -0.2) is 0 Å². The molecule has 20 heavy (non-hydrogen) atoms. The van der Waals surface area contributed by atoms with E-state index < -0.39 is 0 Å². The molecule has 0 spiro atoms. The van der Waals surface area contributed by atoms with Crippen LogP contribution in [0, 0.1) is 20.8 Å². The number of carbonyl (C=O) groups excluding carboxylic acids is 1. The molecule has 1 aliphatic rings. The fourth-order valence-electron chi connectivity index (χ4n) is 3.01. The van der Waals surface area contributed by atoms with E-state index in [2.05, 4.69) is 26.8 Å². The summed E-state index contributed by atoms with van der Waals surface area (Å²) in [4.78, 5) is 10.7. The van der Waals surface area contributed by atoms with E-state index >= 15 is 0 Å². The predicted molar refractivity (Wildman–Crippen MR) is 79.8 cm³/mol. The lowest BCUT2D eigenvalue weighted by Gasteiger charge is -2.14. The summed E-state index contributed by atoms with van der Waals surface area (Å²) in [7, 11) is 0. The SMILES string of the molecule is Cc1cc(C)c2c(c1C)OCC2c1ccc(C=O)cc1. The third-order valence-corrected chi connectivity index (χ3v) is 4.25. The zero-order valence-electron chi connectivity index (χ0n) is 12.1. The topological polar surface area (TPSA) is 26.3 Å². The van der Waals surface area contributed by atoms with Gasteiger partial charge in [-0.2, -0.15) is 0 Å². The summed E-state index contributed by atoms with van der Waals surface area (Å²) in [5.41, 5.74) is 7.01. The summed E-state index contributed by atoms with van der Waals surface area (Å²) < 4.78 is 5.94. The van der Waals surface area contributed by atoms with Gasteiger partial charge in [0.2, 0.25) is 0 Å². The fourth-order valence-corrected chi connectivity index (χ4v) is 3.01. The zero-order chi connectivity index (χ0) is 14.3. The average Bonchev–Trinajstić information content (AvgIpc) is 2.90. The molecule has 0 saturated heterocycles. The van der Waals surface area contributed by atoms with Gasteiger partial charge in [-0.1, -0.05) is 30.3 Å². The van der Waals surface area contributed by atoms with Gasteiger partial charge in [-0.05, 0) is 43.0 Å². The van der Waals surface area contributed by atoms with Crippen LogP contribution in [-0.4, -0.2) is 12.9 Å². The van der Waals surface area contributed by atoms with Gasteiger partial charge in [0.1, 0.15) is 12.0 Å². The minimum atomic E-state index is 0.269. The lowest BCUT2D eigenvalue weighted by molar-refractivity contribution is 0.112. The molecule has 2 aromatic carbocycles. The van der Waals surface area contributed by atoms with Gasteiger partial charge in [-0.15, -0.1) is 0 Å². The van der Waals surface area contributed by atoms with E-state index in [1.807, 2.05) is 24.3 Å². The highest BCUT2D eigenvalue weighted by Gasteiger charge is 2.29. The predicted octanol–water partition coefficient (Wildman–Crippen LogP) is 3.95. The molecule has 0 amide bonds. The molecule has 2 nitrogen and oxygen atoms in total. The van der Waals surface area contributed by atoms with Crippen LogP contribution in [0.5, 0.6) is 5.75 Å². The van der Waals surface area contributed by atoms with Crippen molar-refractivity contribution >= 4 is 6.29 Å². The standard InChI is InChI=1S/C18H18O2/c1-11-8-12(2)17-16(10-20-18(17)13(11)3)15-6-4-14(9-19)5-7-15/h4-9,16H,10H2,1-3H3. The van der Waals surface area contributed by atoms with Gasteiger partial charge in [-0.3, -0.25) is 4.79 Å². The van der Waals surface area contributed by atoms with E-state index in [4.69, 9.17) is 4.74 Å². The molecular formula is C18H18O2. The molecule has 102 valence electrons. The Balaban J connectivity index is 2.08. The van der Waals surface area contributed by atoms with Crippen molar-refractivity contribution in [3.63, 3.8) is 0 Å². The smallest absolute Gasteiger partial charge is 0.150 e. The maximum atomic E-state index is 10.7. The summed E-state index contributed by atoms with van der Waals surface area (Å²) in [5, 5.41) is 0. The molecule has 1 heterocycles. The van der Waals surface area contributed by atoms with Crippen molar-refractivity contribution in [1.82, 2.24) is 0 Å². The van der Waals surface area contributed by atoms with E-state index in [0.717, 1.165) is 12.0 Å². The van der Waals surface area contributed by atoms with Crippen molar-refractivity contribution in [1.29, 1.82) is 0 Å². The first-order valence-corrected chi connectivity index (χ1v) is 6.90. The third kappa shape index (κ3) is 1.92. The molecule has 0 aliphatic carbocycles. The molecule has 0 radical (unpaired) electrons. The van der Waals surface area contributed by atoms with E-state index in [1.165, 1.54) is 27.8 Å². The largest absolute Gasteiger partial charge is 0.492 e. The molecule has 0 bridgehead atoms. The minimum Gasteiger partial charge on any atom is -0.492 e. The highest BCUT2D eigenvalue weighted by atomic mass is 16.5. The summed E-state index contributed by atoms with van der Waals surface area (Å²) in [6.07, 6.45) is 0.877. The second-order valence-corrected chi connectivity index (χ2v) is 5.53. The Bertz CT molecular complexity index is 669. The van der Waals surface area contributed by atoms with Gasteiger partial charge in [0.25, 0.3) is 0 Å². The van der Waals surface area contributed by atoms with Crippen LogP contribution in [-0.2, 0) is 0 Å². The van der Waals surface area contributed by atoms with Crippen molar-refractivity contribution < 1.29 is 9.53 Å². The van der Waals surface area contributed by atoms with Gasteiger partial charge in [0, 0.05) is 17.0 Å². The molecule has 2 aromatic rings. The molecule has 2 heteroatoms. The molecule has 0 aromatic heterocycles. The van der Waals surface area contributed by atoms with Crippen LogP contribution in [0.1, 0.15) is 44.1 Å². The van der Waals surface area contributed by atoms with Crippen LogP contribution in [0.15, 0.2) is 30.3 Å². The molecule has 3 rings (SSSR count). The molecular weight excluding hydrogens is 248 g/mol. The number of hydrogen-bond acceptors (Lipinski definition) is 2. The molecule has 1 unspecified atom stereocenters. The summed E-state index contributed by atoms with van der Waals surface area (Å²) in [6.45, 7) is 7.07. The first-order valence-electron chi connectivity index (χ1n) is 6.90. The molecule has 1 atom stereocenters.